The summed E-state index contributed by atoms with van der Waals surface area (Å²) in [6.07, 6.45) is 0. The van der Waals surface area contributed by atoms with Crippen molar-refractivity contribution in [2.75, 3.05) is 19.0 Å². The van der Waals surface area contributed by atoms with Crippen molar-refractivity contribution in [1.82, 2.24) is 0 Å². The van der Waals surface area contributed by atoms with Crippen LogP contribution in [0, 0.1) is 6.92 Å². The molecule has 0 aromatic heterocycles. The third kappa shape index (κ3) is 3.98. The summed E-state index contributed by atoms with van der Waals surface area (Å²) in [5.41, 5.74) is 1.94. The van der Waals surface area contributed by atoms with Gasteiger partial charge in [0.15, 0.2) is 11.5 Å². The molecule has 1 N–H and O–H groups in total. The third-order valence-electron chi connectivity index (χ3n) is 3.24. The van der Waals surface area contributed by atoms with E-state index in [1.54, 1.807) is 25.3 Å². The van der Waals surface area contributed by atoms with E-state index in [1.165, 1.54) is 0 Å². The number of benzene rings is 2. The first kappa shape index (κ1) is 17.6. The quantitative estimate of drug-likeness (QED) is 0.765. The first-order valence-corrected chi connectivity index (χ1v) is 8.21. The topological polar surface area (TPSA) is 47.6 Å². The summed E-state index contributed by atoms with van der Waals surface area (Å²) in [4.78, 5) is 12.5. The van der Waals surface area contributed by atoms with Gasteiger partial charge >= 0.3 is 0 Å². The van der Waals surface area contributed by atoms with Crippen LogP contribution >= 0.6 is 27.5 Å². The number of carbonyl (C=O) groups excluding carboxylic acids is 1. The van der Waals surface area contributed by atoms with E-state index in [9.17, 15) is 4.79 Å². The lowest BCUT2D eigenvalue weighted by Crippen LogP contribution is -2.13. The van der Waals surface area contributed by atoms with Gasteiger partial charge in [0.25, 0.3) is 5.91 Å². The minimum atomic E-state index is -0.273. The number of para-hydroxylation sites is 1. The molecule has 0 aliphatic heterocycles. The highest BCUT2D eigenvalue weighted by Crippen LogP contribution is 2.37. The zero-order valence-corrected chi connectivity index (χ0v) is 15.4. The smallest absolute Gasteiger partial charge is 0.255 e. The summed E-state index contributed by atoms with van der Waals surface area (Å²) in [6.45, 7) is 4.22. The van der Waals surface area contributed by atoms with Gasteiger partial charge in [-0.25, -0.2) is 0 Å². The predicted octanol–water partition coefficient (Wildman–Crippen LogP) is 5.07. The highest BCUT2D eigenvalue weighted by atomic mass is 79.9. The molecule has 4 nitrogen and oxygen atoms in total. The van der Waals surface area contributed by atoms with Crippen LogP contribution in [0.4, 0.5) is 5.69 Å². The van der Waals surface area contributed by atoms with E-state index < -0.39 is 0 Å². The van der Waals surface area contributed by atoms with Gasteiger partial charge in [-0.05, 0) is 53.5 Å². The van der Waals surface area contributed by atoms with E-state index in [-0.39, 0.29) is 5.91 Å². The second kappa shape index (κ2) is 7.70. The molecular formula is C17H17BrClNO3. The lowest BCUT2D eigenvalue weighted by Gasteiger charge is -2.14. The number of nitrogens with one attached hydrogen (secondary N) is 1. The molecule has 0 aliphatic rings. The van der Waals surface area contributed by atoms with Gasteiger partial charge in [0.1, 0.15) is 0 Å². The lowest BCUT2D eigenvalue weighted by molar-refractivity contribution is 0.102. The maximum Gasteiger partial charge on any atom is 0.255 e. The zero-order valence-electron chi connectivity index (χ0n) is 13.1. The number of rotatable bonds is 5. The Morgan fingerprint density at radius 1 is 1.35 bits per heavy atom. The molecule has 0 aliphatic carbocycles. The molecule has 0 saturated carbocycles. The molecule has 0 atom stereocenters. The summed E-state index contributed by atoms with van der Waals surface area (Å²) in [5, 5.41) is 3.34. The van der Waals surface area contributed by atoms with Gasteiger partial charge in [0, 0.05) is 5.56 Å². The second-order valence-electron chi connectivity index (χ2n) is 4.81. The number of hydrogen-bond donors (Lipinski definition) is 1. The Balaban J connectivity index is 2.36. The van der Waals surface area contributed by atoms with Gasteiger partial charge in [-0.3, -0.25) is 4.79 Å². The molecule has 6 heteroatoms. The standard InChI is InChI=1S/C17H17BrClNO3/c1-4-23-14-9-11(8-12(18)16(14)22-3)17(21)20-15-10(2)6-5-7-13(15)19/h5-9H,4H2,1-3H3,(H,20,21). The van der Waals surface area contributed by atoms with E-state index in [0.29, 0.717) is 38.9 Å². The molecular weight excluding hydrogens is 382 g/mol. The average molecular weight is 399 g/mol. The van der Waals surface area contributed by atoms with Gasteiger partial charge in [-0.1, -0.05) is 23.7 Å². The van der Waals surface area contributed by atoms with Crippen LogP contribution in [0.1, 0.15) is 22.8 Å². The van der Waals surface area contributed by atoms with Crippen LogP contribution in [0.3, 0.4) is 0 Å². The molecule has 0 heterocycles. The Bertz CT molecular complexity index is 714. The number of aryl methyl sites for hydroxylation is 1. The largest absolute Gasteiger partial charge is 0.492 e. The first-order chi connectivity index (χ1) is 11.0. The molecule has 0 spiro atoms. The Morgan fingerprint density at radius 2 is 2.09 bits per heavy atom. The van der Waals surface area contributed by atoms with Crippen molar-refractivity contribution in [3.8, 4) is 11.5 Å². The predicted molar refractivity (Wildman–Crippen MR) is 96.0 cm³/mol. The van der Waals surface area contributed by atoms with Gasteiger partial charge < -0.3 is 14.8 Å². The van der Waals surface area contributed by atoms with Gasteiger partial charge in [0.2, 0.25) is 0 Å². The van der Waals surface area contributed by atoms with E-state index in [1.807, 2.05) is 26.0 Å². The molecule has 0 bridgehead atoms. The molecule has 0 radical (unpaired) electrons. The summed E-state index contributed by atoms with van der Waals surface area (Å²) < 4.78 is 11.5. The van der Waals surface area contributed by atoms with Crippen molar-refractivity contribution in [2.45, 2.75) is 13.8 Å². The Labute approximate surface area is 148 Å². The average Bonchev–Trinajstić information content (AvgIpc) is 2.51. The normalized spacial score (nSPS) is 10.3. The number of hydrogen-bond acceptors (Lipinski definition) is 3. The second-order valence-corrected chi connectivity index (χ2v) is 6.07. The van der Waals surface area contributed by atoms with Crippen molar-refractivity contribution in [3.63, 3.8) is 0 Å². The Kier molecular flexibility index (Phi) is 5.91. The van der Waals surface area contributed by atoms with Gasteiger partial charge in [-0.2, -0.15) is 0 Å². The van der Waals surface area contributed by atoms with Crippen molar-refractivity contribution < 1.29 is 14.3 Å². The SMILES string of the molecule is CCOc1cc(C(=O)Nc2c(C)cccc2Cl)cc(Br)c1OC. The molecule has 2 aromatic carbocycles. The van der Waals surface area contributed by atoms with Crippen LogP contribution < -0.4 is 14.8 Å². The summed E-state index contributed by atoms with van der Waals surface area (Å²) >= 11 is 9.55. The fourth-order valence-electron chi connectivity index (χ4n) is 2.14. The number of anilines is 1. The van der Waals surface area contributed by atoms with Crippen LogP contribution in [-0.2, 0) is 0 Å². The highest BCUT2D eigenvalue weighted by Gasteiger charge is 2.16. The summed E-state index contributed by atoms with van der Waals surface area (Å²) in [5.74, 6) is 0.785. The van der Waals surface area contributed by atoms with Gasteiger partial charge in [0.05, 0.1) is 28.9 Å². The molecule has 1 amide bonds. The van der Waals surface area contributed by atoms with Crippen molar-refractivity contribution >= 4 is 39.1 Å². The Morgan fingerprint density at radius 3 is 2.70 bits per heavy atom. The Hall–Kier alpha value is -1.72. The number of methoxy groups -OCH3 is 1. The molecule has 23 heavy (non-hydrogen) atoms. The summed E-state index contributed by atoms with van der Waals surface area (Å²) in [6, 6.07) is 8.79. The minimum Gasteiger partial charge on any atom is -0.492 e. The van der Waals surface area contributed by atoms with Crippen LogP contribution in [0.2, 0.25) is 5.02 Å². The van der Waals surface area contributed by atoms with E-state index >= 15 is 0 Å². The number of amides is 1. The molecule has 122 valence electrons. The molecule has 2 rings (SSSR count). The van der Waals surface area contributed by atoms with Crippen molar-refractivity contribution in [2.24, 2.45) is 0 Å². The van der Waals surface area contributed by atoms with Crippen molar-refractivity contribution in [1.29, 1.82) is 0 Å². The van der Waals surface area contributed by atoms with E-state index in [4.69, 9.17) is 21.1 Å². The molecule has 0 saturated heterocycles. The van der Waals surface area contributed by atoms with Crippen LogP contribution in [0.15, 0.2) is 34.8 Å². The molecule has 0 fully saturated rings. The lowest BCUT2D eigenvalue weighted by atomic mass is 10.1. The van der Waals surface area contributed by atoms with Gasteiger partial charge in [-0.15, -0.1) is 0 Å². The molecule has 2 aromatic rings. The van der Waals surface area contributed by atoms with E-state index in [0.717, 1.165) is 5.56 Å². The highest BCUT2D eigenvalue weighted by molar-refractivity contribution is 9.10. The monoisotopic (exact) mass is 397 g/mol. The maximum absolute atomic E-state index is 12.5. The van der Waals surface area contributed by atoms with Crippen LogP contribution in [0.25, 0.3) is 0 Å². The number of ether oxygens (including phenoxy) is 2. The maximum atomic E-state index is 12.5. The van der Waals surface area contributed by atoms with E-state index in [2.05, 4.69) is 21.2 Å². The fourth-order valence-corrected chi connectivity index (χ4v) is 3.01. The molecule has 0 unspecified atom stereocenters. The minimum absolute atomic E-state index is 0.273. The fraction of sp³-hybridized carbons (Fsp3) is 0.235. The third-order valence-corrected chi connectivity index (χ3v) is 4.14. The number of carbonyl (C=O) groups is 1. The number of halogens is 2. The van der Waals surface area contributed by atoms with Crippen LogP contribution in [-0.4, -0.2) is 19.6 Å². The first-order valence-electron chi connectivity index (χ1n) is 7.04. The van der Waals surface area contributed by atoms with Crippen molar-refractivity contribution in [3.05, 3.63) is 51.0 Å². The van der Waals surface area contributed by atoms with Crippen LogP contribution in [0.5, 0.6) is 11.5 Å². The summed E-state index contributed by atoms with van der Waals surface area (Å²) in [7, 11) is 1.55. The zero-order chi connectivity index (χ0) is 17.0.